The lowest BCUT2D eigenvalue weighted by Crippen LogP contribution is -2.36. The number of carbonyl (C=O) groups excluding carboxylic acids is 2. The normalized spacial score (nSPS) is 16.1. The molecule has 10 nitrogen and oxygen atoms in total. The second-order valence-electron chi connectivity index (χ2n) is 8.93. The van der Waals surface area contributed by atoms with E-state index in [1.165, 1.54) is 17.2 Å². The summed E-state index contributed by atoms with van der Waals surface area (Å²) in [4.78, 5) is 40.6. The van der Waals surface area contributed by atoms with Crippen LogP contribution in [0.1, 0.15) is 61.2 Å². The van der Waals surface area contributed by atoms with Crippen LogP contribution in [0, 0.1) is 5.95 Å². The standard InChI is InChI=1S/C28H32FN5O5/c1-3-31-15-20(14-30)19-13-22-24(34(28(36)37-4-2)11-10-21-7-5-6-12-38-21)26(39-27(22)33-17-19)25(35)18-8-9-23(29)32-16-18/h8-9,13-17,21H,3-7,10-12,30H2,1-2H3. The Labute approximate surface area is 225 Å². The lowest BCUT2D eigenvalue weighted by atomic mass is 10.0. The lowest BCUT2D eigenvalue weighted by molar-refractivity contribution is 0.0125. The maximum atomic E-state index is 13.6. The first kappa shape index (κ1) is 27.9. The molecular formula is C28H32FN5O5. The molecule has 1 aliphatic heterocycles. The summed E-state index contributed by atoms with van der Waals surface area (Å²) in [6.07, 6.45) is 8.48. The van der Waals surface area contributed by atoms with Gasteiger partial charge in [0.05, 0.1) is 18.1 Å². The second kappa shape index (κ2) is 13.1. The van der Waals surface area contributed by atoms with Gasteiger partial charge in [-0.3, -0.25) is 14.7 Å². The number of hydrogen-bond acceptors (Lipinski definition) is 9. The number of hydrogen-bond donors (Lipinski definition) is 1. The fourth-order valence-corrected chi connectivity index (χ4v) is 4.40. The summed E-state index contributed by atoms with van der Waals surface area (Å²) in [5.41, 5.74) is 7.50. The van der Waals surface area contributed by atoms with E-state index in [0.29, 0.717) is 36.1 Å². The van der Waals surface area contributed by atoms with Gasteiger partial charge in [0.2, 0.25) is 23.2 Å². The number of furan rings is 1. The van der Waals surface area contributed by atoms with E-state index in [-0.39, 0.29) is 42.0 Å². The molecule has 0 aromatic carbocycles. The van der Waals surface area contributed by atoms with Crippen LogP contribution in [0.15, 0.2) is 46.2 Å². The van der Waals surface area contributed by atoms with Crippen molar-refractivity contribution in [2.75, 3.05) is 31.2 Å². The van der Waals surface area contributed by atoms with E-state index in [2.05, 4.69) is 15.0 Å². The molecule has 1 atom stereocenters. The van der Waals surface area contributed by atoms with Gasteiger partial charge >= 0.3 is 6.09 Å². The predicted octanol–water partition coefficient (Wildman–Crippen LogP) is 4.91. The smallest absolute Gasteiger partial charge is 0.414 e. The van der Waals surface area contributed by atoms with Crippen LogP contribution in [-0.4, -0.2) is 60.5 Å². The molecule has 11 heteroatoms. The molecule has 4 heterocycles. The molecule has 2 N–H and O–H groups in total. The molecule has 0 spiro atoms. The van der Waals surface area contributed by atoms with Gasteiger partial charge in [0.15, 0.2) is 0 Å². The Kier molecular flexibility index (Phi) is 9.37. The van der Waals surface area contributed by atoms with E-state index in [1.807, 2.05) is 6.92 Å². The van der Waals surface area contributed by atoms with Crippen molar-refractivity contribution in [1.29, 1.82) is 0 Å². The highest BCUT2D eigenvalue weighted by atomic mass is 19.1. The third-order valence-corrected chi connectivity index (χ3v) is 6.35. The molecule has 1 saturated heterocycles. The average Bonchev–Trinajstić information content (AvgIpc) is 3.33. The van der Waals surface area contributed by atoms with Crippen LogP contribution in [0.25, 0.3) is 16.7 Å². The minimum Gasteiger partial charge on any atom is -0.449 e. The second-order valence-corrected chi connectivity index (χ2v) is 8.93. The Morgan fingerprint density at radius 1 is 1.23 bits per heavy atom. The van der Waals surface area contributed by atoms with Gasteiger partial charge in [0.25, 0.3) is 0 Å². The number of ketones is 1. The Bertz CT molecular complexity index is 1360. The zero-order chi connectivity index (χ0) is 27.8. The monoisotopic (exact) mass is 537 g/mol. The Balaban J connectivity index is 1.86. The highest BCUT2D eigenvalue weighted by molar-refractivity contribution is 6.17. The summed E-state index contributed by atoms with van der Waals surface area (Å²) in [6.45, 7) is 5.17. The quantitative estimate of drug-likeness (QED) is 0.219. The molecule has 3 aromatic rings. The number of pyridine rings is 2. The SMILES string of the molecule is CCN=CC(=CN)c1cnc2oc(C(=O)c3ccc(F)nc3)c(N(CCC3CCCCO3)C(=O)OCC)c2c1. The highest BCUT2D eigenvalue weighted by Gasteiger charge is 2.32. The lowest BCUT2D eigenvalue weighted by Gasteiger charge is -2.27. The number of fused-ring (bicyclic) bond motifs is 1. The number of halogens is 1. The van der Waals surface area contributed by atoms with Crippen molar-refractivity contribution in [3.05, 3.63) is 59.6 Å². The largest absolute Gasteiger partial charge is 0.449 e. The van der Waals surface area contributed by atoms with Gasteiger partial charge in [-0.25, -0.2) is 14.8 Å². The minimum absolute atomic E-state index is 0.0278. The van der Waals surface area contributed by atoms with Gasteiger partial charge in [0.1, 0.15) is 5.69 Å². The number of nitrogens with two attached hydrogens (primary N) is 1. The minimum atomic E-state index is -0.724. The van der Waals surface area contributed by atoms with Crippen molar-refractivity contribution in [3.63, 3.8) is 0 Å². The van der Waals surface area contributed by atoms with Crippen LogP contribution >= 0.6 is 0 Å². The third kappa shape index (κ3) is 6.48. The summed E-state index contributed by atoms with van der Waals surface area (Å²) in [5.74, 6) is -1.44. The maximum Gasteiger partial charge on any atom is 0.414 e. The third-order valence-electron chi connectivity index (χ3n) is 6.35. The molecule has 1 fully saturated rings. The van der Waals surface area contributed by atoms with Crippen LogP contribution < -0.4 is 10.6 Å². The zero-order valence-corrected chi connectivity index (χ0v) is 22.1. The summed E-state index contributed by atoms with van der Waals surface area (Å²) < 4.78 is 30.7. The summed E-state index contributed by atoms with van der Waals surface area (Å²) in [5, 5.41) is 0.410. The van der Waals surface area contributed by atoms with E-state index in [1.54, 1.807) is 25.4 Å². The Morgan fingerprint density at radius 3 is 2.72 bits per heavy atom. The number of anilines is 1. The molecule has 3 aromatic heterocycles. The van der Waals surface area contributed by atoms with Gasteiger partial charge in [-0.1, -0.05) is 0 Å². The fourth-order valence-electron chi connectivity index (χ4n) is 4.40. The first-order valence-electron chi connectivity index (χ1n) is 13.0. The molecule has 4 rings (SSSR count). The number of aromatic nitrogens is 2. The molecule has 1 aliphatic rings. The first-order valence-corrected chi connectivity index (χ1v) is 13.0. The van der Waals surface area contributed by atoms with E-state index in [4.69, 9.17) is 19.6 Å². The molecule has 0 radical (unpaired) electrons. The van der Waals surface area contributed by atoms with Crippen molar-refractivity contribution in [2.45, 2.75) is 45.6 Å². The Morgan fingerprint density at radius 2 is 2.05 bits per heavy atom. The number of rotatable bonds is 10. The van der Waals surface area contributed by atoms with Gasteiger partial charge < -0.3 is 19.6 Å². The zero-order valence-electron chi connectivity index (χ0n) is 22.1. The van der Waals surface area contributed by atoms with Crippen LogP contribution in [0.2, 0.25) is 0 Å². The van der Waals surface area contributed by atoms with Crippen LogP contribution in [-0.2, 0) is 9.47 Å². The van der Waals surface area contributed by atoms with E-state index in [0.717, 1.165) is 31.5 Å². The van der Waals surface area contributed by atoms with E-state index < -0.39 is 17.8 Å². The van der Waals surface area contributed by atoms with Gasteiger partial charge in [-0.2, -0.15) is 4.39 Å². The average molecular weight is 538 g/mol. The molecule has 206 valence electrons. The molecule has 1 amide bonds. The van der Waals surface area contributed by atoms with E-state index in [9.17, 15) is 14.0 Å². The molecular weight excluding hydrogens is 505 g/mol. The van der Waals surface area contributed by atoms with Crippen LogP contribution in [0.3, 0.4) is 0 Å². The summed E-state index contributed by atoms with van der Waals surface area (Å²) in [7, 11) is 0. The van der Waals surface area contributed by atoms with Crippen molar-refractivity contribution in [1.82, 2.24) is 9.97 Å². The molecule has 0 bridgehead atoms. The molecule has 0 aliphatic carbocycles. The highest BCUT2D eigenvalue weighted by Crippen LogP contribution is 2.37. The van der Waals surface area contributed by atoms with E-state index >= 15 is 0 Å². The van der Waals surface area contributed by atoms with Gasteiger partial charge in [-0.05, 0) is 57.7 Å². The maximum absolute atomic E-state index is 13.6. The number of allylic oxidation sites excluding steroid dienone is 1. The molecule has 39 heavy (non-hydrogen) atoms. The van der Waals surface area contributed by atoms with Crippen molar-refractivity contribution < 1.29 is 27.9 Å². The topological polar surface area (TPSA) is 133 Å². The Hall–Kier alpha value is -4.12. The summed E-state index contributed by atoms with van der Waals surface area (Å²) in [6, 6.07) is 4.13. The van der Waals surface area contributed by atoms with Crippen molar-refractivity contribution in [2.24, 2.45) is 10.7 Å². The number of aliphatic imine (C=N–C) groups is 1. The van der Waals surface area contributed by atoms with Crippen LogP contribution in [0.5, 0.6) is 0 Å². The molecule has 1 unspecified atom stereocenters. The number of carbonyl (C=O) groups is 2. The first-order chi connectivity index (χ1) is 19.0. The van der Waals surface area contributed by atoms with Crippen LogP contribution in [0.4, 0.5) is 14.9 Å². The van der Waals surface area contributed by atoms with Gasteiger partial charge in [-0.15, -0.1) is 0 Å². The molecule has 0 saturated carbocycles. The predicted molar refractivity (Wildman–Crippen MR) is 145 cm³/mol. The fraction of sp³-hybridized carbons (Fsp3) is 0.393. The van der Waals surface area contributed by atoms with Crippen molar-refractivity contribution in [3.8, 4) is 0 Å². The van der Waals surface area contributed by atoms with Crippen molar-refractivity contribution >= 4 is 40.5 Å². The van der Waals surface area contributed by atoms with Gasteiger partial charge in [0, 0.05) is 61.2 Å². The number of amides is 1. The summed E-state index contributed by atoms with van der Waals surface area (Å²) >= 11 is 0. The number of nitrogens with zero attached hydrogens (tertiary/aromatic N) is 4. The number of ether oxygens (including phenoxy) is 2.